The summed E-state index contributed by atoms with van der Waals surface area (Å²) in [5.74, 6) is -1.05. The van der Waals surface area contributed by atoms with Gasteiger partial charge in [0.2, 0.25) is 0 Å². The SMILES string of the molecule is Cc1cc(F)ccc1[C@H]1C2CN(C3=CC(=O)CN(C)C3)C[C@H]2CO[C@@H]1O[C@H](C)c1cc(C(F)(F)F)cc(C(F)(F)F)c1. The summed E-state index contributed by atoms with van der Waals surface area (Å²) in [5, 5.41) is 0. The molecule has 0 radical (unpaired) electrons. The molecule has 42 heavy (non-hydrogen) atoms. The molecule has 1 unspecified atom stereocenters. The second-order valence-corrected chi connectivity index (χ2v) is 11.4. The number of halogens is 7. The summed E-state index contributed by atoms with van der Waals surface area (Å²) >= 11 is 0. The maximum Gasteiger partial charge on any atom is 0.416 e. The van der Waals surface area contributed by atoms with Gasteiger partial charge in [-0.2, -0.15) is 26.3 Å². The van der Waals surface area contributed by atoms with Crippen molar-refractivity contribution in [3.63, 3.8) is 0 Å². The van der Waals surface area contributed by atoms with E-state index < -0.39 is 47.6 Å². The normalized spacial score (nSPS) is 26.3. The lowest BCUT2D eigenvalue weighted by Crippen LogP contribution is -2.42. The number of fused-ring (bicyclic) bond motifs is 1. The van der Waals surface area contributed by atoms with Crippen molar-refractivity contribution in [3.05, 3.63) is 81.8 Å². The first-order chi connectivity index (χ1) is 19.6. The van der Waals surface area contributed by atoms with Crippen molar-refractivity contribution in [1.82, 2.24) is 9.80 Å². The lowest BCUT2D eigenvalue weighted by Gasteiger charge is -2.41. The van der Waals surface area contributed by atoms with Gasteiger partial charge in [0.15, 0.2) is 12.1 Å². The number of likely N-dealkylation sites (tertiary alicyclic amines) is 1. The van der Waals surface area contributed by atoms with Crippen molar-refractivity contribution in [2.24, 2.45) is 11.8 Å². The zero-order valence-corrected chi connectivity index (χ0v) is 23.2. The Hall–Kier alpha value is -2.96. The molecule has 0 aromatic heterocycles. The van der Waals surface area contributed by atoms with E-state index in [1.807, 2.05) is 11.9 Å². The highest BCUT2D eigenvalue weighted by Gasteiger charge is 2.48. The average Bonchev–Trinajstić information content (AvgIpc) is 3.32. The van der Waals surface area contributed by atoms with E-state index in [4.69, 9.17) is 9.47 Å². The van der Waals surface area contributed by atoms with Gasteiger partial charge in [-0.3, -0.25) is 9.69 Å². The molecular formula is C30H31F7N2O3. The number of alkyl halides is 6. The molecule has 0 bridgehead atoms. The highest BCUT2D eigenvalue weighted by molar-refractivity contribution is 5.92. The Bertz CT molecular complexity index is 1340. The zero-order chi connectivity index (χ0) is 30.6. The number of ether oxygens (including phenoxy) is 2. The Balaban J connectivity index is 1.47. The van der Waals surface area contributed by atoms with Gasteiger partial charge >= 0.3 is 12.4 Å². The quantitative estimate of drug-likeness (QED) is 0.375. The fourth-order valence-corrected chi connectivity index (χ4v) is 6.31. The molecule has 228 valence electrons. The molecule has 0 N–H and O–H groups in total. The number of nitrogens with zero attached hydrogens (tertiary/aromatic N) is 2. The van der Waals surface area contributed by atoms with Gasteiger partial charge in [0.1, 0.15) is 5.82 Å². The smallest absolute Gasteiger partial charge is 0.373 e. The summed E-state index contributed by atoms with van der Waals surface area (Å²) in [4.78, 5) is 16.3. The largest absolute Gasteiger partial charge is 0.416 e. The molecule has 2 fully saturated rings. The minimum Gasteiger partial charge on any atom is -0.373 e. The number of hydrogen-bond donors (Lipinski definition) is 0. The number of ketones is 1. The van der Waals surface area contributed by atoms with Crippen LogP contribution in [0.2, 0.25) is 0 Å². The maximum atomic E-state index is 14.1. The van der Waals surface area contributed by atoms with Crippen LogP contribution in [0.3, 0.4) is 0 Å². The van der Waals surface area contributed by atoms with E-state index in [1.54, 1.807) is 19.1 Å². The molecule has 2 aromatic rings. The number of likely N-dealkylation sites (N-methyl/N-ethyl adjacent to an activating group) is 1. The fourth-order valence-electron chi connectivity index (χ4n) is 6.31. The van der Waals surface area contributed by atoms with Crippen LogP contribution in [0, 0.1) is 24.6 Å². The third kappa shape index (κ3) is 6.35. The van der Waals surface area contributed by atoms with Gasteiger partial charge in [-0.25, -0.2) is 4.39 Å². The predicted octanol–water partition coefficient (Wildman–Crippen LogP) is 6.34. The van der Waals surface area contributed by atoms with Crippen LogP contribution in [0.25, 0.3) is 0 Å². The van der Waals surface area contributed by atoms with Gasteiger partial charge in [0.05, 0.1) is 30.4 Å². The first kappa shape index (κ1) is 30.5. The Morgan fingerprint density at radius 3 is 2.24 bits per heavy atom. The first-order valence-electron chi connectivity index (χ1n) is 13.6. The van der Waals surface area contributed by atoms with Crippen LogP contribution in [0.4, 0.5) is 30.7 Å². The van der Waals surface area contributed by atoms with E-state index >= 15 is 0 Å². The average molecular weight is 601 g/mol. The van der Waals surface area contributed by atoms with E-state index in [-0.39, 0.29) is 35.9 Å². The maximum absolute atomic E-state index is 14.1. The molecule has 2 aromatic carbocycles. The van der Waals surface area contributed by atoms with Gasteiger partial charge in [-0.05, 0) is 73.8 Å². The first-order valence-corrected chi connectivity index (χ1v) is 13.6. The Labute approximate surface area is 238 Å². The molecular weight excluding hydrogens is 569 g/mol. The molecule has 0 saturated carbocycles. The summed E-state index contributed by atoms with van der Waals surface area (Å²) < 4.78 is 107. The van der Waals surface area contributed by atoms with E-state index in [9.17, 15) is 35.5 Å². The van der Waals surface area contributed by atoms with E-state index in [0.717, 1.165) is 11.3 Å². The van der Waals surface area contributed by atoms with Crippen LogP contribution in [-0.4, -0.2) is 61.7 Å². The number of carbonyl (C=O) groups is 1. The second-order valence-electron chi connectivity index (χ2n) is 11.4. The van der Waals surface area contributed by atoms with Gasteiger partial charge < -0.3 is 14.4 Å². The molecule has 5 nitrogen and oxygen atoms in total. The standard InChI is InChI=1S/C30H31F7N2O3/c1-16-6-22(31)4-5-25(16)27-26-14-39(23-10-24(40)13-38(3)12-23)11-19(26)15-41-28(27)42-17(2)18-7-20(29(32,33)34)9-21(8-18)30(35,36)37/h4-10,17,19,26-28H,11-15H2,1-3H3/t17-,19+,26?,27+,28-/m1/s1. The fraction of sp³-hybridized carbons (Fsp3) is 0.500. The molecule has 3 aliphatic rings. The van der Waals surface area contributed by atoms with Crippen LogP contribution in [0.15, 0.2) is 48.2 Å². The summed E-state index contributed by atoms with van der Waals surface area (Å²) in [7, 11) is 1.85. The molecule has 5 rings (SSSR count). The second kappa shape index (κ2) is 11.3. The summed E-state index contributed by atoms with van der Waals surface area (Å²) in [6, 6.07) is 5.69. The number of aryl methyl sites for hydroxylation is 1. The highest BCUT2D eigenvalue weighted by atomic mass is 19.4. The van der Waals surface area contributed by atoms with Crippen molar-refractivity contribution < 1.29 is 45.0 Å². The minimum absolute atomic E-state index is 0.00299. The minimum atomic E-state index is -4.99. The van der Waals surface area contributed by atoms with E-state index in [1.165, 1.54) is 19.1 Å². The summed E-state index contributed by atoms with van der Waals surface area (Å²) in [6.07, 6.45) is -10.6. The van der Waals surface area contributed by atoms with Crippen LogP contribution in [0.5, 0.6) is 0 Å². The Morgan fingerprint density at radius 2 is 1.64 bits per heavy atom. The van der Waals surface area contributed by atoms with Crippen molar-refractivity contribution in [3.8, 4) is 0 Å². The number of hydrogen-bond acceptors (Lipinski definition) is 5. The predicted molar refractivity (Wildman–Crippen MR) is 139 cm³/mol. The molecule has 12 heteroatoms. The molecule has 0 aliphatic carbocycles. The third-order valence-electron chi connectivity index (χ3n) is 8.32. The number of carbonyl (C=O) groups excluding carboxylic acids is 1. The zero-order valence-electron chi connectivity index (χ0n) is 23.2. The van der Waals surface area contributed by atoms with Crippen molar-refractivity contribution in [2.45, 2.75) is 44.5 Å². The van der Waals surface area contributed by atoms with Crippen LogP contribution in [0.1, 0.15) is 46.8 Å². The van der Waals surface area contributed by atoms with Gasteiger partial charge in [-0.1, -0.05) is 6.07 Å². The number of rotatable bonds is 5. The van der Waals surface area contributed by atoms with Crippen LogP contribution >= 0.6 is 0 Å². The molecule has 2 saturated heterocycles. The molecule has 3 aliphatic heterocycles. The number of benzene rings is 2. The third-order valence-corrected chi connectivity index (χ3v) is 8.32. The molecule has 5 atom stereocenters. The van der Waals surface area contributed by atoms with Crippen molar-refractivity contribution in [1.29, 1.82) is 0 Å². The summed E-state index contributed by atoms with van der Waals surface area (Å²) in [6.45, 7) is 5.38. The topological polar surface area (TPSA) is 42.0 Å². The van der Waals surface area contributed by atoms with E-state index in [0.29, 0.717) is 43.9 Å². The van der Waals surface area contributed by atoms with Gasteiger partial charge in [0.25, 0.3) is 0 Å². The monoisotopic (exact) mass is 600 g/mol. The van der Waals surface area contributed by atoms with Crippen LogP contribution < -0.4 is 0 Å². The Kier molecular flexibility index (Phi) is 8.19. The molecule has 0 spiro atoms. The lowest BCUT2D eigenvalue weighted by atomic mass is 9.76. The van der Waals surface area contributed by atoms with Crippen molar-refractivity contribution in [2.75, 3.05) is 39.8 Å². The Morgan fingerprint density at radius 1 is 0.976 bits per heavy atom. The lowest BCUT2D eigenvalue weighted by molar-refractivity contribution is -0.217. The highest BCUT2D eigenvalue weighted by Crippen LogP contribution is 2.47. The van der Waals surface area contributed by atoms with Crippen molar-refractivity contribution >= 4 is 5.78 Å². The van der Waals surface area contributed by atoms with Gasteiger partial charge in [0, 0.05) is 43.2 Å². The van der Waals surface area contributed by atoms with E-state index in [2.05, 4.69) is 4.90 Å². The summed E-state index contributed by atoms with van der Waals surface area (Å²) in [5.41, 5.74) is -0.938. The van der Waals surface area contributed by atoms with Gasteiger partial charge in [-0.15, -0.1) is 0 Å². The molecule has 0 amide bonds. The van der Waals surface area contributed by atoms with Crippen LogP contribution in [-0.2, 0) is 26.6 Å². The molecule has 3 heterocycles.